The van der Waals surface area contributed by atoms with Crippen molar-refractivity contribution in [2.75, 3.05) is 26.4 Å². The van der Waals surface area contributed by atoms with Crippen LogP contribution in [0.5, 0.6) is 0 Å². The van der Waals surface area contributed by atoms with Gasteiger partial charge in [-0.3, -0.25) is 14.5 Å². The van der Waals surface area contributed by atoms with E-state index in [1.807, 2.05) is 0 Å². The third-order valence-corrected chi connectivity index (χ3v) is 1.90. The number of nitrogens with zero attached hydrogens (tertiary/aromatic N) is 2. The molecule has 2 aliphatic heterocycles. The summed E-state index contributed by atoms with van der Waals surface area (Å²) in [6.45, 7) is 0.911. The lowest BCUT2D eigenvalue weighted by Crippen LogP contribution is -2.50. The normalized spacial score (nSPS) is 29.2. The van der Waals surface area contributed by atoms with Crippen LogP contribution in [0.2, 0.25) is 0 Å². The van der Waals surface area contributed by atoms with E-state index in [0.717, 1.165) is 0 Å². The number of hydrogen-bond donors (Lipinski definition) is 0. The van der Waals surface area contributed by atoms with Crippen LogP contribution in [0.1, 0.15) is 0 Å². The minimum absolute atomic E-state index is 0.0324. The van der Waals surface area contributed by atoms with Crippen LogP contribution in [0.3, 0.4) is 0 Å². The summed E-state index contributed by atoms with van der Waals surface area (Å²) in [5, 5.41) is 3.65. The maximum absolute atomic E-state index is 11.2. The number of morpholine rings is 1. The molecule has 0 aromatic heterocycles. The third kappa shape index (κ3) is 1.63. The highest BCUT2D eigenvalue weighted by atomic mass is 16.5. The van der Waals surface area contributed by atoms with Crippen LogP contribution in [-0.4, -0.2) is 49.4 Å². The van der Waals surface area contributed by atoms with Gasteiger partial charge in [0.05, 0.1) is 6.61 Å². The fourth-order valence-electron chi connectivity index (χ4n) is 1.27. The second-order valence-electron chi connectivity index (χ2n) is 2.80. The highest BCUT2D eigenvalue weighted by molar-refractivity contribution is 5.81. The minimum atomic E-state index is -0.719. The highest BCUT2D eigenvalue weighted by Gasteiger charge is 2.34. The molecule has 2 rings (SSSR count). The van der Waals surface area contributed by atoms with Crippen LogP contribution in [-0.2, 0) is 19.1 Å². The summed E-state index contributed by atoms with van der Waals surface area (Å²) in [5.74, 6) is -0.501. The maximum Gasteiger partial charge on any atom is 0.271 e. The summed E-state index contributed by atoms with van der Waals surface area (Å²) < 4.78 is 9.93. The van der Waals surface area contributed by atoms with E-state index in [2.05, 4.69) is 5.32 Å². The Kier molecular flexibility index (Phi) is 2.15. The van der Waals surface area contributed by atoms with Gasteiger partial charge in [0, 0.05) is 6.54 Å². The topological polar surface area (TPSA) is 69.9 Å². The van der Waals surface area contributed by atoms with E-state index in [1.54, 1.807) is 0 Å². The van der Waals surface area contributed by atoms with E-state index in [-0.39, 0.29) is 25.0 Å². The molecule has 2 aliphatic rings. The molecular weight excluding hydrogens is 176 g/mol. The van der Waals surface area contributed by atoms with Gasteiger partial charge in [-0.05, 0) is 0 Å². The van der Waals surface area contributed by atoms with Crippen molar-refractivity contribution in [2.24, 2.45) is 0 Å². The SMILES string of the molecule is O=C1COC(N2CCOCC2=O)[N]1. The Balaban J connectivity index is 1.98. The molecule has 0 saturated carbocycles. The molecule has 13 heavy (non-hydrogen) atoms. The van der Waals surface area contributed by atoms with E-state index >= 15 is 0 Å². The van der Waals surface area contributed by atoms with Gasteiger partial charge in [0.25, 0.3) is 11.8 Å². The lowest BCUT2D eigenvalue weighted by Gasteiger charge is -2.29. The number of amides is 2. The van der Waals surface area contributed by atoms with Gasteiger partial charge in [0.1, 0.15) is 13.2 Å². The van der Waals surface area contributed by atoms with Gasteiger partial charge in [-0.2, -0.15) is 5.32 Å². The first-order chi connectivity index (χ1) is 6.27. The standard InChI is InChI=1S/C7H9N2O4/c10-5-3-13-7(8-5)9-1-2-12-4-6(9)11/h7H,1-4H2. The Morgan fingerprint density at radius 2 is 2.23 bits per heavy atom. The fourth-order valence-corrected chi connectivity index (χ4v) is 1.27. The molecule has 0 bridgehead atoms. The summed E-state index contributed by atoms with van der Waals surface area (Å²) in [5.41, 5.74) is 0. The fraction of sp³-hybridized carbons (Fsp3) is 0.714. The van der Waals surface area contributed by atoms with E-state index in [0.29, 0.717) is 13.2 Å². The molecule has 0 aliphatic carbocycles. The lowest BCUT2D eigenvalue weighted by molar-refractivity contribution is -0.158. The van der Waals surface area contributed by atoms with Crippen molar-refractivity contribution in [2.45, 2.75) is 6.35 Å². The van der Waals surface area contributed by atoms with Crippen molar-refractivity contribution in [3.05, 3.63) is 0 Å². The molecule has 1 radical (unpaired) electrons. The molecule has 1 unspecified atom stereocenters. The zero-order valence-corrected chi connectivity index (χ0v) is 6.93. The Morgan fingerprint density at radius 1 is 1.38 bits per heavy atom. The van der Waals surface area contributed by atoms with Gasteiger partial charge >= 0.3 is 0 Å². The molecule has 0 aromatic carbocycles. The van der Waals surface area contributed by atoms with Crippen LogP contribution in [0.15, 0.2) is 0 Å². The predicted octanol–water partition coefficient (Wildman–Crippen LogP) is -1.71. The van der Waals surface area contributed by atoms with Gasteiger partial charge in [-0.15, -0.1) is 0 Å². The highest BCUT2D eigenvalue weighted by Crippen LogP contribution is 2.09. The average molecular weight is 185 g/mol. The van der Waals surface area contributed by atoms with Gasteiger partial charge in [-0.1, -0.05) is 0 Å². The number of carbonyl (C=O) groups excluding carboxylic acids is 2. The molecule has 71 valence electrons. The lowest BCUT2D eigenvalue weighted by atomic mass is 10.4. The minimum Gasteiger partial charge on any atom is -0.370 e. The van der Waals surface area contributed by atoms with Crippen LogP contribution in [0.4, 0.5) is 0 Å². The number of carbonyl (C=O) groups is 2. The predicted molar refractivity (Wildman–Crippen MR) is 39.4 cm³/mol. The molecule has 2 amide bonds. The molecule has 6 heteroatoms. The zero-order chi connectivity index (χ0) is 9.26. The van der Waals surface area contributed by atoms with Crippen LogP contribution >= 0.6 is 0 Å². The first-order valence-electron chi connectivity index (χ1n) is 4.00. The summed E-state index contributed by atoms with van der Waals surface area (Å²) in [6.07, 6.45) is -0.719. The van der Waals surface area contributed by atoms with Crippen molar-refractivity contribution in [1.29, 1.82) is 0 Å². The van der Waals surface area contributed by atoms with E-state index in [4.69, 9.17) is 9.47 Å². The number of rotatable bonds is 1. The van der Waals surface area contributed by atoms with Gasteiger partial charge in [0.15, 0.2) is 0 Å². The van der Waals surface area contributed by atoms with Gasteiger partial charge < -0.3 is 9.47 Å². The van der Waals surface area contributed by atoms with Crippen molar-refractivity contribution >= 4 is 11.8 Å². The molecule has 1 atom stereocenters. The summed E-state index contributed by atoms with van der Waals surface area (Å²) >= 11 is 0. The summed E-state index contributed by atoms with van der Waals surface area (Å²) in [7, 11) is 0. The van der Waals surface area contributed by atoms with E-state index in [9.17, 15) is 9.59 Å². The average Bonchev–Trinajstić information content (AvgIpc) is 2.53. The number of hydrogen-bond acceptors (Lipinski definition) is 4. The molecule has 2 saturated heterocycles. The van der Waals surface area contributed by atoms with Crippen LogP contribution in [0, 0.1) is 0 Å². The van der Waals surface area contributed by atoms with Crippen LogP contribution in [0.25, 0.3) is 0 Å². The Bertz CT molecular complexity index is 243. The Labute approximate surface area is 74.8 Å². The van der Waals surface area contributed by atoms with E-state index < -0.39 is 6.35 Å². The second-order valence-corrected chi connectivity index (χ2v) is 2.80. The first-order valence-corrected chi connectivity index (χ1v) is 4.00. The Morgan fingerprint density at radius 3 is 2.85 bits per heavy atom. The van der Waals surface area contributed by atoms with Gasteiger partial charge in [-0.25, -0.2) is 0 Å². The summed E-state index contributed by atoms with van der Waals surface area (Å²) in [6, 6.07) is 0. The number of ether oxygens (including phenoxy) is 2. The van der Waals surface area contributed by atoms with Crippen molar-refractivity contribution < 1.29 is 19.1 Å². The second kappa shape index (κ2) is 3.31. The molecule has 0 spiro atoms. The quantitative estimate of drug-likeness (QED) is 0.487. The van der Waals surface area contributed by atoms with Crippen molar-refractivity contribution in [1.82, 2.24) is 10.2 Å². The molecule has 0 N–H and O–H groups in total. The zero-order valence-electron chi connectivity index (χ0n) is 6.93. The molecule has 2 fully saturated rings. The molecule has 6 nitrogen and oxygen atoms in total. The smallest absolute Gasteiger partial charge is 0.271 e. The molecule has 2 heterocycles. The van der Waals surface area contributed by atoms with Crippen molar-refractivity contribution in [3.8, 4) is 0 Å². The van der Waals surface area contributed by atoms with Gasteiger partial charge in [0.2, 0.25) is 6.35 Å². The molecule has 0 aromatic rings. The largest absolute Gasteiger partial charge is 0.370 e. The first kappa shape index (κ1) is 8.46. The van der Waals surface area contributed by atoms with Crippen LogP contribution < -0.4 is 5.32 Å². The monoisotopic (exact) mass is 185 g/mol. The third-order valence-electron chi connectivity index (χ3n) is 1.90. The Hall–Kier alpha value is -1.14. The van der Waals surface area contributed by atoms with Crippen molar-refractivity contribution in [3.63, 3.8) is 0 Å². The summed E-state index contributed by atoms with van der Waals surface area (Å²) in [4.78, 5) is 23.4. The molecular formula is C7H9N2O4. The maximum atomic E-state index is 11.2. The van der Waals surface area contributed by atoms with E-state index in [1.165, 1.54) is 4.90 Å².